The van der Waals surface area contributed by atoms with Gasteiger partial charge in [0.2, 0.25) is 5.95 Å². The Balaban J connectivity index is 1.88. The average molecular weight is 565 g/mol. The average Bonchev–Trinajstić information content (AvgIpc) is 3.27. The van der Waals surface area contributed by atoms with Gasteiger partial charge in [-0.25, -0.2) is 9.78 Å². The fourth-order valence-corrected chi connectivity index (χ4v) is 4.07. The van der Waals surface area contributed by atoms with Gasteiger partial charge in [-0.15, -0.1) is 0 Å². The van der Waals surface area contributed by atoms with E-state index < -0.39 is 65.3 Å². The van der Waals surface area contributed by atoms with Crippen molar-refractivity contribution in [3.63, 3.8) is 0 Å². The number of anilines is 1. The Hall–Kier alpha value is -3.42. The maximum absolute atomic E-state index is 14.2. The molecule has 14 heteroatoms. The molecule has 1 aliphatic rings. The van der Waals surface area contributed by atoms with Crippen LogP contribution in [0.1, 0.15) is 49.5 Å². The highest BCUT2D eigenvalue weighted by atomic mass is 19.4. The van der Waals surface area contributed by atoms with Crippen molar-refractivity contribution >= 4 is 17.7 Å². The number of nitrogens with zero attached hydrogens (tertiary/aromatic N) is 2. The molecule has 0 saturated carbocycles. The summed E-state index contributed by atoms with van der Waals surface area (Å²) in [5, 5.41) is 2.19. The van der Waals surface area contributed by atoms with Gasteiger partial charge in [-0.05, 0) is 57.9 Å². The predicted molar refractivity (Wildman–Crippen MR) is 124 cm³/mol. The van der Waals surface area contributed by atoms with Crippen LogP contribution in [-0.4, -0.2) is 59.0 Å². The molecule has 0 spiro atoms. The number of hydrogen-bond donors (Lipinski definition) is 1. The summed E-state index contributed by atoms with van der Waals surface area (Å²) in [6, 6.07) is 3.92. The zero-order chi connectivity index (χ0) is 29.2. The molecule has 2 amide bonds. The maximum Gasteiger partial charge on any atom is 0.430 e. The van der Waals surface area contributed by atoms with Crippen LogP contribution in [0.4, 0.5) is 41.2 Å². The molecular weight excluding hydrogens is 539 g/mol. The second-order valence-corrected chi connectivity index (χ2v) is 9.83. The molecule has 214 valence electrons. The van der Waals surface area contributed by atoms with Crippen LogP contribution in [0, 0.1) is 5.95 Å². The minimum Gasteiger partial charge on any atom is -0.444 e. The quantitative estimate of drug-likeness (QED) is 0.333. The predicted octanol–water partition coefficient (Wildman–Crippen LogP) is 6.21. The van der Waals surface area contributed by atoms with Gasteiger partial charge in [0, 0.05) is 24.0 Å². The van der Waals surface area contributed by atoms with E-state index in [1.807, 2.05) is 0 Å². The van der Waals surface area contributed by atoms with Crippen LogP contribution in [0.3, 0.4) is 0 Å². The monoisotopic (exact) mass is 565 g/mol. The minimum atomic E-state index is -5.95. The lowest BCUT2D eigenvalue weighted by atomic mass is 9.91. The molecule has 0 bridgehead atoms. The Bertz CT molecular complexity index is 1160. The molecule has 1 aromatic carbocycles. The molecular formula is C25H26F7N3O4. The molecule has 0 aliphatic carbocycles. The molecule has 1 fully saturated rings. The smallest absolute Gasteiger partial charge is 0.430 e. The standard InChI is InChI=1S/C25H26F7N3O4/c1-22(2,3)39-21(37)35-13-5-6-17(35)14-38-23(24(27,28)29,25(30,31)32)15-8-10-16(11-9-15)34-20(36)18-7-4-12-33-19(18)26/h4,7-12,17H,5-6,13-14H2,1-3H3,(H,34,36)/t17-/m0/s1. The second kappa shape index (κ2) is 11.0. The lowest BCUT2D eigenvalue weighted by Crippen LogP contribution is -2.57. The van der Waals surface area contributed by atoms with Gasteiger partial charge in [0.05, 0.1) is 18.2 Å². The van der Waals surface area contributed by atoms with E-state index in [1.165, 1.54) is 6.07 Å². The third-order valence-corrected chi connectivity index (χ3v) is 5.85. The zero-order valence-corrected chi connectivity index (χ0v) is 21.1. The molecule has 39 heavy (non-hydrogen) atoms. The first-order chi connectivity index (χ1) is 18.0. The summed E-state index contributed by atoms with van der Waals surface area (Å²) in [4.78, 5) is 29.0. The van der Waals surface area contributed by atoms with Gasteiger partial charge in [-0.2, -0.15) is 30.7 Å². The Morgan fingerprint density at radius 3 is 2.18 bits per heavy atom. The SMILES string of the molecule is CC(C)(C)OC(=O)N1CCC[C@H]1COC(c1ccc(NC(=O)c2cccnc2F)cc1)(C(F)(F)F)C(F)(F)F. The van der Waals surface area contributed by atoms with Crippen molar-refractivity contribution in [3.05, 3.63) is 59.7 Å². The number of alkyl halides is 6. The number of benzene rings is 1. The molecule has 7 nitrogen and oxygen atoms in total. The van der Waals surface area contributed by atoms with E-state index >= 15 is 0 Å². The van der Waals surface area contributed by atoms with Gasteiger partial charge < -0.3 is 19.7 Å². The number of pyridine rings is 1. The fourth-order valence-electron chi connectivity index (χ4n) is 4.07. The molecule has 1 N–H and O–H groups in total. The molecule has 1 aliphatic heterocycles. The Kier molecular flexibility index (Phi) is 8.49. The number of nitrogens with one attached hydrogen (secondary N) is 1. The van der Waals surface area contributed by atoms with Crippen molar-refractivity contribution in [2.75, 3.05) is 18.5 Å². The Morgan fingerprint density at radius 1 is 1.03 bits per heavy atom. The normalized spacial score (nSPS) is 16.8. The van der Waals surface area contributed by atoms with E-state index in [-0.39, 0.29) is 18.7 Å². The van der Waals surface area contributed by atoms with E-state index in [4.69, 9.17) is 9.47 Å². The number of hydrogen-bond acceptors (Lipinski definition) is 5. The fraction of sp³-hybridized carbons (Fsp3) is 0.480. The van der Waals surface area contributed by atoms with Gasteiger partial charge in [-0.3, -0.25) is 4.79 Å². The van der Waals surface area contributed by atoms with Crippen molar-refractivity contribution in [2.24, 2.45) is 0 Å². The van der Waals surface area contributed by atoms with Crippen molar-refractivity contribution < 1.29 is 49.8 Å². The van der Waals surface area contributed by atoms with Gasteiger partial charge in [0.15, 0.2) is 0 Å². The van der Waals surface area contributed by atoms with Crippen LogP contribution in [-0.2, 0) is 15.1 Å². The van der Waals surface area contributed by atoms with Crippen LogP contribution in [0.5, 0.6) is 0 Å². The van der Waals surface area contributed by atoms with E-state index in [9.17, 15) is 40.3 Å². The first kappa shape index (κ1) is 30.1. The van der Waals surface area contributed by atoms with Gasteiger partial charge in [-0.1, -0.05) is 12.1 Å². The summed E-state index contributed by atoms with van der Waals surface area (Å²) in [7, 11) is 0. The molecule has 1 atom stereocenters. The summed E-state index contributed by atoms with van der Waals surface area (Å²) in [6.07, 6.45) is -11.2. The number of likely N-dealkylation sites (tertiary alicyclic amines) is 1. The molecule has 1 aromatic heterocycles. The van der Waals surface area contributed by atoms with Crippen LogP contribution in [0.15, 0.2) is 42.6 Å². The Labute approximate surface area is 219 Å². The summed E-state index contributed by atoms with van der Waals surface area (Å²) in [5.41, 5.74) is -7.63. The molecule has 1 saturated heterocycles. The number of rotatable bonds is 6. The van der Waals surface area contributed by atoms with Gasteiger partial charge in [0.25, 0.3) is 11.5 Å². The highest BCUT2D eigenvalue weighted by molar-refractivity contribution is 6.04. The maximum atomic E-state index is 14.2. The summed E-state index contributed by atoms with van der Waals surface area (Å²) in [6.45, 7) is 3.73. The number of halogens is 7. The minimum absolute atomic E-state index is 0.0832. The second-order valence-electron chi connectivity index (χ2n) is 9.83. The van der Waals surface area contributed by atoms with Crippen molar-refractivity contribution in [1.82, 2.24) is 9.88 Å². The van der Waals surface area contributed by atoms with E-state index in [0.717, 1.165) is 29.3 Å². The van der Waals surface area contributed by atoms with E-state index in [0.29, 0.717) is 18.6 Å². The highest BCUT2D eigenvalue weighted by Gasteiger charge is 2.73. The van der Waals surface area contributed by atoms with Gasteiger partial charge in [0.1, 0.15) is 5.60 Å². The Morgan fingerprint density at radius 2 is 1.64 bits per heavy atom. The first-order valence-corrected chi connectivity index (χ1v) is 11.8. The van der Waals surface area contributed by atoms with E-state index in [2.05, 4.69) is 10.3 Å². The third-order valence-electron chi connectivity index (χ3n) is 5.85. The van der Waals surface area contributed by atoms with Crippen molar-refractivity contribution in [2.45, 2.75) is 63.2 Å². The largest absolute Gasteiger partial charge is 0.444 e. The van der Waals surface area contributed by atoms with E-state index in [1.54, 1.807) is 20.8 Å². The molecule has 0 radical (unpaired) electrons. The van der Waals surface area contributed by atoms with Crippen molar-refractivity contribution in [1.29, 1.82) is 0 Å². The molecule has 0 unspecified atom stereocenters. The number of amides is 2. The lowest BCUT2D eigenvalue weighted by Gasteiger charge is -2.39. The third kappa shape index (κ3) is 6.60. The lowest BCUT2D eigenvalue weighted by molar-refractivity contribution is -0.390. The van der Waals surface area contributed by atoms with Crippen LogP contribution in [0.2, 0.25) is 0 Å². The zero-order valence-electron chi connectivity index (χ0n) is 21.1. The topological polar surface area (TPSA) is 80.8 Å². The van der Waals surface area contributed by atoms with Gasteiger partial charge >= 0.3 is 18.4 Å². The highest BCUT2D eigenvalue weighted by Crippen LogP contribution is 2.53. The number of aromatic nitrogens is 1. The molecule has 3 rings (SSSR count). The molecule has 2 aromatic rings. The number of carbonyl (C=O) groups excluding carboxylic acids is 2. The summed E-state index contributed by atoms with van der Waals surface area (Å²) >= 11 is 0. The van der Waals surface area contributed by atoms with Crippen LogP contribution < -0.4 is 5.32 Å². The summed E-state index contributed by atoms with van der Waals surface area (Å²) < 4.78 is 109. The molecule has 2 heterocycles. The summed E-state index contributed by atoms with van der Waals surface area (Å²) in [5.74, 6) is -2.12. The van der Waals surface area contributed by atoms with Crippen molar-refractivity contribution in [3.8, 4) is 0 Å². The number of carbonyl (C=O) groups is 2. The van der Waals surface area contributed by atoms with Crippen LogP contribution in [0.25, 0.3) is 0 Å². The first-order valence-electron chi connectivity index (χ1n) is 11.8. The number of ether oxygens (including phenoxy) is 2. The van der Waals surface area contributed by atoms with Crippen LogP contribution >= 0.6 is 0 Å².